The third-order valence-corrected chi connectivity index (χ3v) is 7.25. The van der Waals surface area contributed by atoms with Gasteiger partial charge in [0.2, 0.25) is 0 Å². The van der Waals surface area contributed by atoms with Crippen molar-refractivity contribution in [3.63, 3.8) is 0 Å². The van der Waals surface area contributed by atoms with Crippen molar-refractivity contribution in [2.45, 2.75) is 71.5 Å². The van der Waals surface area contributed by atoms with Gasteiger partial charge in [0, 0.05) is 5.41 Å². The zero-order chi connectivity index (χ0) is 14.2. The molecule has 0 aromatic carbocycles. The zero-order valence-electron chi connectivity index (χ0n) is 13.6. The number of fused-ring (bicyclic) bond motifs is 1. The van der Waals surface area contributed by atoms with Gasteiger partial charge < -0.3 is 9.47 Å². The molecule has 0 aromatic rings. The molecule has 4 fully saturated rings. The van der Waals surface area contributed by atoms with E-state index < -0.39 is 0 Å². The molecule has 0 amide bonds. The first-order valence-corrected chi connectivity index (χ1v) is 8.63. The van der Waals surface area contributed by atoms with E-state index in [-0.39, 0.29) is 11.7 Å². The van der Waals surface area contributed by atoms with E-state index in [4.69, 9.17) is 9.47 Å². The number of rotatable bonds is 0. The summed E-state index contributed by atoms with van der Waals surface area (Å²) in [7, 11) is 0. The lowest BCUT2D eigenvalue weighted by Gasteiger charge is -2.66. The maximum Gasteiger partial charge on any atom is 0.0793 e. The minimum Gasteiger partial charge on any atom is -0.378 e. The standard InChI is InChI=1S/C18H30O2/c1-12-10-19-11-17-5-6-18(17,20-12)13(2)15-9-16(3,4)7-14(15)8-17/h12-15H,5-11H2,1-4H3/t12-,13?,14?,15?,17+,18+/m1/s1. The van der Waals surface area contributed by atoms with E-state index in [1.807, 2.05) is 0 Å². The van der Waals surface area contributed by atoms with Crippen LogP contribution in [0.4, 0.5) is 0 Å². The Labute approximate surface area is 123 Å². The first-order valence-electron chi connectivity index (χ1n) is 8.63. The minimum atomic E-state index is 0.143. The van der Waals surface area contributed by atoms with E-state index in [0.29, 0.717) is 16.7 Å². The van der Waals surface area contributed by atoms with Crippen LogP contribution in [0.1, 0.15) is 59.8 Å². The van der Waals surface area contributed by atoms with Crippen LogP contribution in [0.5, 0.6) is 0 Å². The Morgan fingerprint density at radius 3 is 2.50 bits per heavy atom. The highest BCUT2D eigenvalue weighted by Crippen LogP contribution is 2.70. The topological polar surface area (TPSA) is 18.5 Å². The highest BCUT2D eigenvalue weighted by molar-refractivity contribution is 5.19. The summed E-state index contributed by atoms with van der Waals surface area (Å²) < 4.78 is 12.7. The fourth-order valence-electron chi connectivity index (χ4n) is 6.47. The lowest BCUT2D eigenvalue weighted by Crippen LogP contribution is -2.68. The molecular formula is C18H30O2. The average molecular weight is 278 g/mol. The summed E-state index contributed by atoms with van der Waals surface area (Å²) in [6.07, 6.45) is 7.03. The van der Waals surface area contributed by atoms with Crippen molar-refractivity contribution < 1.29 is 9.47 Å². The second-order valence-corrected chi connectivity index (χ2v) is 9.10. The fraction of sp³-hybridized carbons (Fsp3) is 1.00. The summed E-state index contributed by atoms with van der Waals surface area (Å²) in [5.41, 5.74) is 1.02. The van der Waals surface area contributed by atoms with Crippen LogP contribution < -0.4 is 0 Å². The van der Waals surface area contributed by atoms with Crippen molar-refractivity contribution >= 4 is 0 Å². The summed E-state index contributed by atoms with van der Waals surface area (Å²) in [5.74, 6) is 2.50. The normalized spacial score (nSPS) is 57.0. The lowest BCUT2D eigenvalue weighted by atomic mass is 9.43. The number of hydrogen-bond acceptors (Lipinski definition) is 2. The molecule has 4 rings (SSSR count). The van der Waals surface area contributed by atoms with Crippen LogP contribution in [-0.4, -0.2) is 24.9 Å². The molecule has 2 heteroatoms. The van der Waals surface area contributed by atoms with Gasteiger partial charge in [-0.1, -0.05) is 20.8 Å². The molecule has 4 aliphatic rings. The molecule has 3 aliphatic carbocycles. The van der Waals surface area contributed by atoms with Gasteiger partial charge in [0.1, 0.15) is 0 Å². The van der Waals surface area contributed by atoms with E-state index in [9.17, 15) is 0 Å². The first-order chi connectivity index (χ1) is 9.38. The van der Waals surface area contributed by atoms with Gasteiger partial charge in [-0.15, -0.1) is 0 Å². The smallest absolute Gasteiger partial charge is 0.0793 e. The van der Waals surface area contributed by atoms with Crippen LogP contribution in [0.15, 0.2) is 0 Å². The molecule has 0 radical (unpaired) electrons. The lowest BCUT2D eigenvalue weighted by molar-refractivity contribution is -0.277. The minimum absolute atomic E-state index is 0.143. The van der Waals surface area contributed by atoms with Gasteiger partial charge in [-0.25, -0.2) is 0 Å². The molecule has 114 valence electrons. The third-order valence-electron chi connectivity index (χ3n) is 7.25. The summed E-state index contributed by atoms with van der Waals surface area (Å²) >= 11 is 0. The summed E-state index contributed by atoms with van der Waals surface area (Å²) in [4.78, 5) is 0. The van der Waals surface area contributed by atoms with Crippen molar-refractivity contribution in [1.82, 2.24) is 0 Å². The van der Waals surface area contributed by atoms with E-state index in [0.717, 1.165) is 25.0 Å². The Kier molecular flexibility index (Phi) is 2.72. The fourth-order valence-corrected chi connectivity index (χ4v) is 6.47. The van der Waals surface area contributed by atoms with E-state index in [1.54, 1.807) is 0 Å². The van der Waals surface area contributed by atoms with Crippen molar-refractivity contribution in [3.05, 3.63) is 0 Å². The summed E-state index contributed by atoms with van der Waals surface area (Å²) in [6, 6.07) is 0. The monoisotopic (exact) mass is 278 g/mol. The summed E-state index contributed by atoms with van der Waals surface area (Å²) in [5, 5.41) is 0. The predicted molar refractivity (Wildman–Crippen MR) is 79.5 cm³/mol. The van der Waals surface area contributed by atoms with E-state index in [1.165, 1.54) is 32.1 Å². The highest BCUT2D eigenvalue weighted by atomic mass is 16.6. The Hall–Kier alpha value is -0.0800. The summed E-state index contributed by atoms with van der Waals surface area (Å²) in [6.45, 7) is 11.4. The molecular weight excluding hydrogens is 248 g/mol. The van der Waals surface area contributed by atoms with Gasteiger partial charge in [-0.05, 0) is 62.2 Å². The Bertz CT molecular complexity index is 418. The van der Waals surface area contributed by atoms with Crippen LogP contribution in [0.25, 0.3) is 0 Å². The Morgan fingerprint density at radius 1 is 1.00 bits per heavy atom. The molecule has 1 aliphatic heterocycles. The first kappa shape index (κ1) is 13.6. The zero-order valence-corrected chi connectivity index (χ0v) is 13.6. The molecule has 2 nitrogen and oxygen atoms in total. The van der Waals surface area contributed by atoms with Crippen LogP contribution >= 0.6 is 0 Å². The molecule has 0 spiro atoms. The van der Waals surface area contributed by atoms with Gasteiger partial charge in [-0.2, -0.15) is 0 Å². The quantitative estimate of drug-likeness (QED) is 0.666. The molecule has 0 aromatic heterocycles. The van der Waals surface area contributed by atoms with E-state index >= 15 is 0 Å². The SMILES string of the molecule is CC1C2CC(C)(C)CC2C[C@]23CC[C@]12O[C@H](C)COC3. The highest BCUT2D eigenvalue weighted by Gasteiger charge is 2.70. The molecule has 1 heterocycles. The van der Waals surface area contributed by atoms with Crippen LogP contribution in [0.3, 0.4) is 0 Å². The Balaban J connectivity index is 1.71. The second-order valence-electron chi connectivity index (χ2n) is 9.10. The van der Waals surface area contributed by atoms with Gasteiger partial charge >= 0.3 is 0 Å². The third kappa shape index (κ3) is 1.58. The van der Waals surface area contributed by atoms with Crippen molar-refractivity contribution in [1.29, 1.82) is 0 Å². The second kappa shape index (κ2) is 4.01. The van der Waals surface area contributed by atoms with Crippen LogP contribution in [-0.2, 0) is 9.47 Å². The van der Waals surface area contributed by atoms with Crippen LogP contribution in [0.2, 0.25) is 0 Å². The van der Waals surface area contributed by atoms with Gasteiger partial charge in [0.15, 0.2) is 0 Å². The number of hydrogen-bond donors (Lipinski definition) is 0. The van der Waals surface area contributed by atoms with E-state index in [2.05, 4.69) is 27.7 Å². The molecule has 0 N–H and O–H groups in total. The molecule has 20 heavy (non-hydrogen) atoms. The average Bonchev–Trinajstić information content (AvgIpc) is 2.61. The molecule has 3 unspecified atom stereocenters. The molecule has 1 saturated heterocycles. The van der Waals surface area contributed by atoms with Crippen LogP contribution in [0, 0.1) is 28.6 Å². The maximum absolute atomic E-state index is 6.66. The molecule has 6 atom stereocenters. The number of ether oxygens (including phenoxy) is 2. The predicted octanol–water partition coefficient (Wildman–Crippen LogP) is 4.03. The van der Waals surface area contributed by atoms with Gasteiger partial charge in [-0.3, -0.25) is 0 Å². The largest absolute Gasteiger partial charge is 0.378 e. The van der Waals surface area contributed by atoms with Gasteiger partial charge in [0.25, 0.3) is 0 Å². The molecule has 0 bridgehead atoms. The Morgan fingerprint density at radius 2 is 1.80 bits per heavy atom. The van der Waals surface area contributed by atoms with Gasteiger partial charge in [0.05, 0.1) is 24.9 Å². The maximum atomic E-state index is 6.66. The van der Waals surface area contributed by atoms with Crippen molar-refractivity contribution in [2.24, 2.45) is 28.6 Å². The molecule has 3 saturated carbocycles. The van der Waals surface area contributed by atoms with Crippen molar-refractivity contribution in [2.75, 3.05) is 13.2 Å². The van der Waals surface area contributed by atoms with Crippen molar-refractivity contribution in [3.8, 4) is 0 Å².